The third-order valence-corrected chi connectivity index (χ3v) is 3.60. The molecule has 1 aromatic carbocycles. The SMILES string of the molecule is C=C1CC(C)(C)NC1Cc1ccc(CC)cc1. The Bertz CT molecular complexity index is 400. The fourth-order valence-electron chi connectivity index (χ4n) is 2.66. The second-order valence-corrected chi connectivity index (χ2v) is 5.79. The first kappa shape index (κ1) is 12.4. The molecule has 1 unspecified atom stereocenters. The van der Waals surface area contributed by atoms with Crippen LogP contribution in [0, 0.1) is 0 Å². The summed E-state index contributed by atoms with van der Waals surface area (Å²) >= 11 is 0. The maximum absolute atomic E-state index is 4.20. The number of rotatable bonds is 3. The standard InChI is InChI=1S/C16H23N/c1-5-13-6-8-14(9-7-13)10-15-12(2)11-16(3,4)17-15/h6-9,15,17H,2,5,10-11H2,1,3-4H3. The molecule has 17 heavy (non-hydrogen) atoms. The topological polar surface area (TPSA) is 12.0 Å². The van der Waals surface area contributed by atoms with Gasteiger partial charge < -0.3 is 5.32 Å². The Labute approximate surface area is 105 Å². The summed E-state index contributed by atoms with van der Waals surface area (Å²) in [6, 6.07) is 9.41. The van der Waals surface area contributed by atoms with E-state index in [4.69, 9.17) is 0 Å². The highest BCUT2D eigenvalue weighted by atomic mass is 15.0. The zero-order valence-corrected chi connectivity index (χ0v) is 11.2. The Balaban J connectivity index is 2.03. The van der Waals surface area contributed by atoms with E-state index < -0.39 is 0 Å². The maximum atomic E-state index is 4.20. The van der Waals surface area contributed by atoms with E-state index >= 15 is 0 Å². The summed E-state index contributed by atoms with van der Waals surface area (Å²) in [6.45, 7) is 10.9. The highest BCUT2D eigenvalue weighted by Gasteiger charge is 2.32. The Hall–Kier alpha value is -1.08. The van der Waals surface area contributed by atoms with Crippen molar-refractivity contribution in [3.63, 3.8) is 0 Å². The summed E-state index contributed by atoms with van der Waals surface area (Å²) < 4.78 is 0. The molecule has 0 bridgehead atoms. The van der Waals surface area contributed by atoms with E-state index in [1.54, 1.807) is 0 Å². The lowest BCUT2D eigenvalue weighted by molar-refractivity contribution is 0.427. The van der Waals surface area contributed by atoms with E-state index in [1.165, 1.54) is 16.7 Å². The van der Waals surface area contributed by atoms with Gasteiger partial charge in [0, 0.05) is 11.6 Å². The summed E-state index contributed by atoms with van der Waals surface area (Å²) in [5.74, 6) is 0. The molecule has 1 aliphatic rings. The van der Waals surface area contributed by atoms with E-state index in [-0.39, 0.29) is 5.54 Å². The van der Waals surface area contributed by atoms with Crippen molar-refractivity contribution >= 4 is 0 Å². The second kappa shape index (κ2) is 4.66. The Morgan fingerprint density at radius 1 is 1.24 bits per heavy atom. The smallest absolute Gasteiger partial charge is 0.0322 e. The molecule has 92 valence electrons. The maximum Gasteiger partial charge on any atom is 0.0322 e. The van der Waals surface area contributed by atoms with Gasteiger partial charge in [-0.15, -0.1) is 0 Å². The Morgan fingerprint density at radius 2 is 1.82 bits per heavy atom. The molecule has 0 aromatic heterocycles. The molecule has 0 saturated carbocycles. The van der Waals surface area contributed by atoms with Gasteiger partial charge >= 0.3 is 0 Å². The van der Waals surface area contributed by atoms with Gasteiger partial charge in [0.15, 0.2) is 0 Å². The number of benzene rings is 1. The molecule has 1 fully saturated rings. The summed E-state index contributed by atoms with van der Waals surface area (Å²) in [7, 11) is 0. The van der Waals surface area contributed by atoms with Crippen molar-refractivity contribution in [2.45, 2.75) is 51.6 Å². The van der Waals surface area contributed by atoms with Crippen molar-refractivity contribution in [3.05, 3.63) is 47.5 Å². The van der Waals surface area contributed by atoms with Gasteiger partial charge in [-0.25, -0.2) is 0 Å². The predicted molar refractivity (Wildman–Crippen MR) is 74.3 cm³/mol. The van der Waals surface area contributed by atoms with Crippen molar-refractivity contribution in [1.82, 2.24) is 5.32 Å². The number of hydrogen-bond donors (Lipinski definition) is 1. The lowest BCUT2D eigenvalue weighted by Crippen LogP contribution is -2.38. The van der Waals surface area contributed by atoms with Gasteiger partial charge in [-0.05, 0) is 44.2 Å². The van der Waals surface area contributed by atoms with Crippen LogP contribution in [0.1, 0.15) is 38.3 Å². The van der Waals surface area contributed by atoms with Gasteiger partial charge in [0.05, 0.1) is 0 Å². The zero-order chi connectivity index (χ0) is 12.5. The number of aryl methyl sites for hydroxylation is 1. The summed E-state index contributed by atoms with van der Waals surface area (Å²) in [4.78, 5) is 0. The quantitative estimate of drug-likeness (QED) is 0.782. The molecule has 1 heteroatoms. The largest absolute Gasteiger partial charge is 0.305 e. The van der Waals surface area contributed by atoms with Crippen LogP contribution in [0.25, 0.3) is 0 Å². The average Bonchev–Trinajstić information content (AvgIpc) is 2.53. The first-order valence-corrected chi connectivity index (χ1v) is 6.53. The fourth-order valence-corrected chi connectivity index (χ4v) is 2.66. The third kappa shape index (κ3) is 2.98. The first-order chi connectivity index (χ1) is 8.00. The Morgan fingerprint density at radius 3 is 2.29 bits per heavy atom. The zero-order valence-electron chi connectivity index (χ0n) is 11.2. The molecule has 1 aliphatic heterocycles. The monoisotopic (exact) mass is 229 g/mol. The minimum absolute atomic E-state index is 0.213. The molecule has 0 radical (unpaired) electrons. The van der Waals surface area contributed by atoms with Crippen LogP contribution >= 0.6 is 0 Å². The van der Waals surface area contributed by atoms with Crippen LogP contribution in [0.5, 0.6) is 0 Å². The summed E-state index contributed by atoms with van der Waals surface area (Å²) in [5.41, 5.74) is 4.37. The van der Waals surface area contributed by atoms with Gasteiger partial charge in [0.2, 0.25) is 0 Å². The van der Waals surface area contributed by atoms with E-state index in [9.17, 15) is 0 Å². The van der Waals surface area contributed by atoms with Gasteiger partial charge in [-0.2, -0.15) is 0 Å². The van der Waals surface area contributed by atoms with Crippen molar-refractivity contribution < 1.29 is 0 Å². The third-order valence-electron chi connectivity index (χ3n) is 3.60. The molecule has 1 atom stereocenters. The lowest BCUT2D eigenvalue weighted by atomic mass is 9.98. The van der Waals surface area contributed by atoms with Gasteiger partial charge in [-0.3, -0.25) is 0 Å². The molecule has 1 saturated heterocycles. The molecule has 1 N–H and O–H groups in total. The van der Waals surface area contributed by atoms with Crippen molar-refractivity contribution in [2.75, 3.05) is 0 Å². The van der Waals surface area contributed by atoms with Crippen LogP contribution in [0.15, 0.2) is 36.4 Å². The van der Waals surface area contributed by atoms with Gasteiger partial charge in [0.25, 0.3) is 0 Å². The summed E-state index contributed by atoms with van der Waals surface area (Å²) in [5, 5.41) is 3.66. The van der Waals surface area contributed by atoms with Crippen LogP contribution in [0.2, 0.25) is 0 Å². The highest BCUT2D eigenvalue weighted by Crippen LogP contribution is 2.28. The lowest BCUT2D eigenvalue weighted by Gasteiger charge is -2.19. The van der Waals surface area contributed by atoms with Crippen LogP contribution in [-0.2, 0) is 12.8 Å². The second-order valence-electron chi connectivity index (χ2n) is 5.79. The van der Waals surface area contributed by atoms with Crippen LogP contribution in [0.3, 0.4) is 0 Å². The van der Waals surface area contributed by atoms with E-state index in [0.29, 0.717) is 6.04 Å². The van der Waals surface area contributed by atoms with Crippen LogP contribution in [-0.4, -0.2) is 11.6 Å². The molecule has 2 rings (SSSR count). The van der Waals surface area contributed by atoms with Crippen molar-refractivity contribution in [3.8, 4) is 0 Å². The van der Waals surface area contributed by atoms with E-state index in [1.807, 2.05) is 0 Å². The average molecular weight is 229 g/mol. The molecule has 1 heterocycles. The van der Waals surface area contributed by atoms with Crippen LogP contribution in [0.4, 0.5) is 0 Å². The Kier molecular flexibility index (Phi) is 3.39. The molecule has 0 amide bonds. The minimum Gasteiger partial charge on any atom is -0.305 e. The highest BCUT2D eigenvalue weighted by molar-refractivity contribution is 5.27. The van der Waals surface area contributed by atoms with Gasteiger partial charge in [-0.1, -0.05) is 43.3 Å². The fraction of sp³-hybridized carbons (Fsp3) is 0.500. The number of hydrogen-bond acceptors (Lipinski definition) is 1. The molecule has 1 aromatic rings. The minimum atomic E-state index is 0.213. The number of nitrogens with one attached hydrogen (secondary N) is 1. The first-order valence-electron chi connectivity index (χ1n) is 6.53. The molecular weight excluding hydrogens is 206 g/mol. The normalized spacial score (nSPS) is 23.0. The molecule has 0 spiro atoms. The van der Waals surface area contributed by atoms with Gasteiger partial charge in [0.1, 0.15) is 0 Å². The van der Waals surface area contributed by atoms with Crippen molar-refractivity contribution in [1.29, 1.82) is 0 Å². The van der Waals surface area contributed by atoms with Crippen molar-refractivity contribution in [2.24, 2.45) is 0 Å². The molecule has 1 nitrogen and oxygen atoms in total. The van der Waals surface area contributed by atoms with Crippen LogP contribution < -0.4 is 5.32 Å². The van der Waals surface area contributed by atoms with E-state index in [0.717, 1.165) is 19.3 Å². The molecule has 0 aliphatic carbocycles. The predicted octanol–water partition coefficient (Wildman–Crippen LogP) is 3.49. The van der Waals surface area contributed by atoms with E-state index in [2.05, 4.69) is 56.9 Å². The molecular formula is C16H23N. The summed E-state index contributed by atoms with van der Waals surface area (Å²) in [6.07, 6.45) is 3.26.